The first-order chi connectivity index (χ1) is 6.32. The van der Waals surface area contributed by atoms with E-state index in [1.54, 1.807) is 6.20 Å². The van der Waals surface area contributed by atoms with Gasteiger partial charge in [0.15, 0.2) is 0 Å². The van der Waals surface area contributed by atoms with Crippen LogP contribution in [0.1, 0.15) is 37.9 Å². The lowest BCUT2D eigenvalue weighted by molar-refractivity contribution is 0.326. The summed E-state index contributed by atoms with van der Waals surface area (Å²) < 4.78 is 0. The Morgan fingerprint density at radius 1 is 1.36 bits per heavy atom. The maximum absolute atomic E-state index is 6.11. The fourth-order valence-corrected chi connectivity index (χ4v) is 1.28. The highest BCUT2D eigenvalue weighted by molar-refractivity contribution is 5.40. The Hall–Kier alpha value is -1.09. The van der Waals surface area contributed by atoms with Crippen molar-refractivity contribution in [2.24, 2.45) is 11.1 Å². The summed E-state index contributed by atoms with van der Waals surface area (Å²) in [6.45, 7) is 8.29. The first-order valence-electron chi connectivity index (χ1n) is 4.80. The van der Waals surface area contributed by atoms with Gasteiger partial charge in [-0.2, -0.15) is 0 Å². The minimum atomic E-state index is -0.00528. The minimum absolute atomic E-state index is 0.00528. The molecule has 0 spiro atoms. The van der Waals surface area contributed by atoms with Crippen molar-refractivity contribution in [2.75, 3.05) is 5.73 Å². The third kappa shape index (κ3) is 2.23. The fraction of sp³-hybridized carbons (Fsp3) is 0.545. The van der Waals surface area contributed by atoms with Crippen molar-refractivity contribution in [3.8, 4) is 0 Å². The van der Waals surface area contributed by atoms with E-state index in [1.807, 2.05) is 13.0 Å². The SMILES string of the molecule is Cc1cc([C@H](N)C(C)(C)C)cnc1N. The number of aryl methyl sites for hydroxylation is 1. The van der Waals surface area contributed by atoms with Crippen LogP contribution in [0, 0.1) is 12.3 Å². The Kier molecular flexibility index (Phi) is 2.81. The van der Waals surface area contributed by atoms with Gasteiger partial charge in [0.2, 0.25) is 0 Å². The smallest absolute Gasteiger partial charge is 0.126 e. The molecule has 0 saturated heterocycles. The normalized spacial score (nSPS) is 14.1. The second-order valence-electron chi connectivity index (χ2n) is 4.81. The molecule has 0 aliphatic carbocycles. The van der Waals surface area contributed by atoms with Gasteiger partial charge in [-0.1, -0.05) is 20.8 Å². The predicted octanol–water partition coefficient (Wildman–Crippen LogP) is 2.02. The van der Waals surface area contributed by atoms with E-state index in [0.29, 0.717) is 5.82 Å². The van der Waals surface area contributed by atoms with Crippen LogP contribution in [0.15, 0.2) is 12.3 Å². The van der Waals surface area contributed by atoms with Crippen molar-refractivity contribution < 1.29 is 0 Å². The van der Waals surface area contributed by atoms with Gasteiger partial charge >= 0.3 is 0 Å². The zero-order chi connectivity index (χ0) is 10.9. The molecule has 1 aromatic rings. The lowest BCUT2D eigenvalue weighted by Gasteiger charge is -2.27. The van der Waals surface area contributed by atoms with Crippen LogP contribution in [0.25, 0.3) is 0 Å². The monoisotopic (exact) mass is 193 g/mol. The van der Waals surface area contributed by atoms with Crippen LogP contribution in [0.3, 0.4) is 0 Å². The number of pyridine rings is 1. The van der Waals surface area contributed by atoms with Gasteiger partial charge in [0.1, 0.15) is 5.82 Å². The van der Waals surface area contributed by atoms with Gasteiger partial charge in [-0.15, -0.1) is 0 Å². The van der Waals surface area contributed by atoms with Gasteiger partial charge in [0.05, 0.1) is 0 Å². The molecular formula is C11H19N3. The van der Waals surface area contributed by atoms with Gasteiger partial charge in [0, 0.05) is 12.2 Å². The molecule has 78 valence electrons. The Bertz CT molecular complexity index is 326. The molecule has 0 fully saturated rings. The summed E-state index contributed by atoms with van der Waals surface area (Å²) in [5, 5.41) is 0. The van der Waals surface area contributed by atoms with Crippen LogP contribution in [-0.2, 0) is 0 Å². The van der Waals surface area contributed by atoms with Gasteiger partial charge in [0.25, 0.3) is 0 Å². The van der Waals surface area contributed by atoms with E-state index in [1.165, 1.54) is 0 Å². The highest BCUT2D eigenvalue weighted by Gasteiger charge is 2.22. The first-order valence-corrected chi connectivity index (χ1v) is 4.80. The van der Waals surface area contributed by atoms with Gasteiger partial charge in [-0.3, -0.25) is 0 Å². The van der Waals surface area contributed by atoms with Crippen LogP contribution in [0.2, 0.25) is 0 Å². The number of nitrogens with zero attached hydrogens (tertiary/aromatic N) is 1. The van der Waals surface area contributed by atoms with Gasteiger partial charge in [-0.05, 0) is 29.5 Å². The molecule has 0 amide bonds. The van der Waals surface area contributed by atoms with E-state index in [-0.39, 0.29) is 11.5 Å². The number of nitrogens with two attached hydrogens (primary N) is 2. The second kappa shape index (κ2) is 3.58. The molecule has 3 heteroatoms. The van der Waals surface area contributed by atoms with Crippen molar-refractivity contribution >= 4 is 5.82 Å². The van der Waals surface area contributed by atoms with Crippen molar-refractivity contribution in [2.45, 2.75) is 33.7 Å². The Morgan fingerprint density at radius 3 is 2.36 bits per heavy atom. The van der Waals surface area contributed by atoms with E-state index in [9.17, 15) is 0 Å². The second-order valence-corrected chi connectivity index (χ2v) is 4.81. The molecule has 0 aliphatic rings. The lowest BCUT2D eigenvalue weighted by Crippen LogP contribution is -2.26. The minimum Gasteiger partial charge on any atom is -0.383 e. The summed E-state index contributed by atoms with van der Waals surface area (Å²) in [5.41, 5.74) is 13.8. The van der Waals surface area contributed by atoms with Crippen LogP contribution in [-0.4, -0.2) is 4.98 Å². The lowest BCUT2D eigenvalue weighted by atomic mass is 9.83. The molecule has 1 rings (SSSR count). The van der Waals surface area contributed by atoms with Crippen LogP contribution < -0.4 is 11.5 Å². The molecule has 0 radical (unpaired) electrons. The van der Waals surface area contributed by atoms with Crippen molar-refractivity contribution in [3.63, 3.8) is 0 Å². The molecule has 0 unspecified atom stereocenters. The fourth-order valence-electron chi connectivity index (χ4n) is 1.28. The van der Waals surface area contributed by atoms with E-state index in [2.05, 4.69) is 25.8 Å². The average molecular weight is 193 g/mol. The molecular weight excluding hydrogens is 174 g/mol. The van der Waals surface area contributed by atoms with Crippen molar-refractivity contribution in [1.29, 1.82) is 0 Å². The summed E-state index contributed by atoms with van der Waals surface area (Å²) in [6.07, 6.45) is 1.76. The van der Waals surface area contributed by atoms with Crippen LogP contribution in [0.4, 0.5) is 5.82 Å². The zero-order valence-corrected chi connectivity index (χ0v) is 9.33. The molecule has 4 N–H and O–H groups in total. The van der Waals surface area contributed by atoms with Gasteiger partial charge < -0.3 is 11.5 Å². The molecule has 14 heavy (non-hydrogen) atoms. The standard InChI is InChI=1S/C11H19N3/c1-7-5-8(6-14-10(7)13)9(12)11(2,3)4/h5-6,9H,12H2,1-4H3,(H2,13,14)/t9-/m0/s1. The van der Waals surface area contributed by atoms with E-state index in [4.69, 9.17) is 11.5 Å². The van der Waals surface area contributed by atoms with Crippen LogP contribution in [0.5, 0.6) is 0 Å². The third-order valence-corrected chi connectivity index (χ3v) is 2.43. The highest BCUT2D eigenvalue weighted by atomic mass is 14.8. The first kappa shape index (κ1) is 11.0. The number of rotatable bonds is 1. The summed E-state index contributed by atoms with van der Waals surface area (Å²) in [6, 6.07) is 2.01. The average Bonchev–Trinajstić information content (AvgIpc) is 2.07. The summed E-state index contributed by atoms with van der Waals surface area (Å²) in [7, 11) is 0. The quantitative estimate of drug-likeness (QED) is 0.717. The van der Waals surface area contributed by atoms with E-state index < -0.39 is 0 Å². The maximum Gasteiger partial charge on any atom is 0.126 e. The van der Waals surface area contributed by atoms with Crippen molar-refractivity contribution in [3.05, 3.63) is 23.4 Å². The van der Waals surface area contributed by atoms with E-state index in [0.717, 1.165) is 11.1 Å². The molecule has 1 aromatic heterocycles. The number of aromatic nitrogens is 1. The Labute approximate surface area is 85.5 Å². The molecule has 0 aliphatic heterocycles. The predicted molar refractivity (Wildman–Crippen MR) is 59.8 cm³/mol. The number of hydrogen-bond acceptors (Lipinski definition) is 3. The molecule has 0 bridgehead atoms. The van der Waals surface area contributed by atoms with Gasteiger partial charge in [-0.25, -0.2) is 4.98 Å². The summed E-state index contributed by atoms with van der Waals surface area (Å²) in [4.78, 5) is 4.11. The van der Waals surface area contributed by atoms with Crippen molar-refractivity contribution in [1.82, 2.24) is 4.98 Å². The maximum atomic E-state index is 6.11. The summed E-state index contributed by atoms with van der Waals surface area (Å²) >= 11 is 0. The molecule has 0 aromatic carbocycles. The molecule has 3 nitrogen and oxygen atoms in total. The van der Waals surface area contributed by atoms with E-state index >= 15 is 0 Å². The number of anilines is 1. The number of nitrogen functional groups attached to an aromatic ring is 1. The molecule has 1 atom stereocenters. The third-order valence-electron chi connectivity index (χ3n) is 2.43. The van der Waals surface area contributed by atoms with Crippen LogP contribution >= 0.6 is 0 Å². The highest BCUT2D eigenvalue weighted by Crippen LogP contribution is 2.30. The Balaban J connectivity index is 3.03. The topological polar surface area (TPSA) is 64.9 Å². The Morgan fingerprint density at radius 2 is 1.93 bits per heavy atom. The molecule has 1 heterocycles. The number of hydrogen-bond donors (Lipinski definition) is 2. The molecule has 0 saturated carbocycles. The largest absolute Gasteiger partial charge is 0.383 e. The zero-order valence-electron chi connectivity index (χ0n) is 9.33. The summed E-state index contributed by atoms with van der Waals surface area (Å²) in [5.74, 6) is 0.579.